The van der Waals surface area contributed by atoms with E-state index in [0.29, 0.717) is 16.1 Å². The summed E-state index contributed by atoms with van der Waals surface area (Å²) < 4.78 is 40.9. The molecule has 34 heavy (non-hydrogen) atoms. The summed E-state index contributed by atoms with van der Waals surface area (Å²) in [4.78, 5) is 43.4. The third-order valence-corrected chi connectivity index (χ3v) is 5.87. The summed E-state index contributed by atoms with van der Waals surface area (Å²) in [6.45, 7) is 3.23. The second-order valence-corrected chi connectivity index (χ2v) is 8.75. The summed E-state index contributed by atoms with van der Waals surface area (Å²) in [5, 5.41) is 3.05. The van der Waals surface area contributed by atoms with Crippen molar-refractivity contribution >= 4 is 40.2 Å². The molecule has 3 aromatic rings. The molecule has 3 rings (SSSR count). The Balaban J connectivity index is 1.68. The van der Waals surface area contributed by atoms with Gasteiger partial charge in [0.25, 0.3) is 5.56 Å². The predicted octanol–water partition coefficient (Wildman–Crippen LogP) is 4.19. The number of hydrogen-bond acceptors (Lipinski definition) is 5. The predicted molar refractivity (Wildman–Crippen MR) is 125 cm³/mol. The number of para-hydroxylation sites is 2. The van der Waals surface area contributed by atoms with Gasteiger partial charge in [-0.15, -0.1) is 0 Å². The van der Waals surface area contributed by atoms with Crippen LogP contribution in [0.5, 0.6) is 0 Å². The average Bonchev–Trinajstić information content (AvgIpc) is 2.76. The first-order valence-corrected chi connectivity index (χ1v) is 11.3. The summed E-state index contributed by atoms with van der Waals surface area (Å²) >= 11 is 1.06. The first-order chi connectivity index (χ1) is 16.0. The van der Waals surface area contributed by atoms with E-state index in [1.165, 1.54) is 23.7 Å². The Morgan fingerprint density at radius 2 is 1.76 bits per heavy atom. The first-order valence-electron chi connectivity index (χ1n) is 10.3. The molecule has 1 N–H and O–H groups in total. The van der Waals surface area contributed by atoms with Crippen LogP contribution in [-0.2, 0) is 15.8 Å². The second kappa shape index (κ2) is 10.3. The molecule has 2 amide bonds. The highest BCUT2D eigenvalue weighted by molar-refractivity contribution is 7.99. The van der Waals surface area contributed by atoms with Crippen molar-refractivity contribution in [2.24, 2.45) is 0 Å². The van der Waals surface area contributed by atoms with Gasteiger partial charge in [0.15, 0.2) is 5.16 Å². The van der Waals surface area contributed by atoms with E-state index in [-0.39, 0.29) is 23.0 Å². The number of nitrogens with one attached hydrogen (secondary N) is 1. The van der Waals surface area contributed by atoms with Gasteiger partial charge in [0.2, 0.25) is 11.8 Å². The molecule has 0 atom stereocenters. The summed E-state index contributed by atoms with van der Waals surface area (Å²) in [6.07, 6.45) is -4.62. The van der Waals surface area contributed by atoms with E-state index < -0.39 is 30.1 Å². The molecule has 1 heterocycles. The highest BCUT2D eigenvalue weighted by Crippen LogP contribution is 2.34. The van der Waals surface area contributed by atoms with Gasteiger partial charge in [-0.1, -0.05) is 36.0 Å². The Hall–Kier alpha value is -3.34. The third-order valence-electron chi connectivity index (χ3n) is 4.93. The van der Waals surface area contributed by atoms with Gasteiger partial charge in [0, 0.05) is 13.1 Å². The molecule has 1 aromatic heterocycles. The standard InChI is InChI=1S/C23H23F3N4O3S/c1-14(2)30-21(33)15-8-4-6-10-17(15)28-22(30)34-13-20(32)29(3)12-19(31)27-18-11-7-5-9-16(18)23(24,25)26/h4-11,14H,12-13H2,1-3H3,(H,27,31). The lowest BCUT2D eigenvalue weighted by Crippen LogP contribution is -2.36. The molecule has 2 aromatic carbocycles. The maximum absolute atomic E-state index is 13.1. The molecule has 0 aliphatic rings. The zero-order valence-electron chi connectivity index (χ0n) is 18.7. The third kappa shape index (κ3) is 5.77. The van der Waals surface area contributed by atoms with E-state index >= 15 is 0 Å². The molecular formula is C23H23F3N4O3S. The number of amides is 2. The van der Waals surface area contributed by atoms with E-state index in [9.17, 15) is 27.6 Å². The number of likely N-dealkylation sites (N-methyl/N-ethyl adjacent to an activating group) is 1. The molecule has 11 heteroatoms. The second-order valence-electron chi connectivity index (χ2n) is 7.81. The Morgan fingerprint density at radius 1 is 1.12 bits per heavy atom. The van der Waals surface area contributed by atoms with Crippen LogP contribution in [0, 0.1) is 0 Å². The Bertz CT molecular complexity index is 1270. The van der Waals surface area contributed by atoms with Crippen LogP contribution in [0.1, 0.15) is 25.5 Å². The zero-order valence-corrected chi connectivity index (χ0v) is 19.5. The van der Waals surface area contributed by atoms with Gasteiger partial charge in [-0.05, 0) is 38.1 Å². The highest BCUT2D eigenvalue weighted by atomic mass is 32.2. The van der Waals surface area contributed by atoms with Crippen LogP contribution in [0.4, 0.5) is 18.9 Å². The topological polar surface area (TPSA) is 84.3 Å². The Morgan fingerprint density at radius 3 is 2.44 bits per heavy atom. The number of alkyl halides is 3. The molecule has 0 spiro atoms. The van der Waals surface area contributed by atoms with Crippen molar-refractivity contribution in [3.63, 3.8) is 0 Å². The fourth-order valence-corrected chi connectivity index (χ4v) is 4.32. The van der Waals surface area contributed by atoms with Gasteiger partial charge < -0.3 is 10.2 Å². The minimum atomic E-state index is -4.62. The fourth-order valence-electron chi connectivity index (χ4n) is 3.25. The summed E-state index contributed by atoms with van der Waals surface area (Å²) in [5.41, 5.74) is -1.06. The van der Waals surface area contributed by atoms with E-state index in [2.05, 4.69) is 10.3 Å². The van der Waals surface area contributed by atoms with E-state index in [4.69, 9.17) is 0 Å². The molecule has 180 valence electrons. The van der Waals surface area contributed by atoms with Crippen LogP contribution < -0.4 is 10.9 Å². The van der Waals surface area contributed by atoms with E-state index in [0.717, 1.165) is 28.8 Å². The number of fused-ring (bicyclic) bond motifs is 1. The van der Waals surface area contributed by atoms with Crippen LogP contribution in [0.2, 0.25) is 0 Å². The van der Waals surface area contributed by atoms with Crippen molar-refractivity contribution in [3.05, 3.63) is 64.4 Å². The van der Waals surface area contributed by atoms with Crippen LogP contribution in [0.15, 0.2) is 58.5 Å². The van der Waals surface area contributed by atoms with Gasteiger partial charge in [0.1, 0.15) is 0 Å². The molecule has 0 radical (unpaired) electrons. The molecule has 0 aliphatic carbocycles. The Kier molecular flexibility index (Phi) is 7.65. The highest BCUT2D eigenvalue weighted by Gasteiger charge is 2.33. The monoisotopic (exact) mass is 492 g/mol. The lowest BCUT2D eigenvalue weighted by atomic mass is 10.1. The summed E-state index contributed by atoms with van der Waals surface area (Å²) in [6, 6.07) is 11.3. The number of rotatable bonds is 7. The molecule has 0 saturated carbocycles. The minimum absolute atomic E-state index is 0.111. The smallest absolute Gasteiger partial charge is 0.336 e. The molecule has 7 nitrogen and oxygen atoms in total. The lowest BCUT2D eigenvalue weighted by Gasteiger charge is -2.19. The zero-order chi connectivity index (χ0) is 25.0. The average molecular weight is 493 g/mol. The van der Waals surface area contributed by atoms with Crippen molar-refractivity contribution in [2.45, 2.75) is 31.2 Å². The summed E-state index contributed by atoms with van der Waals surface area (Å²) in [5.74, 6) is -1.32. The number of anilines is 1. The Labute approximate surface area is 198 Å². The maximum Gasteiger partial charge on any atom is 0.418 e. The molecule has 0 unspecified atom stereocenters. The van der Waals surface area contributed by atoms with Gasteiger partial charge in [-0.25, -0.2) is 4.98 Å². The molecule has 0 fully saturated rings. The number of carbonyl (C=O) groups is 2. The number of thioether (sulfide) groups is 1. The summed E-state index contributed by atoms with van der Waals surface area (Å²) in [7, 11) is 1.38. The normalized spacial score (nSPS) is 11.6. The van der Waals surface area contributed by atoms with Crippen molar-refractivity contribution in [1.29, 1.82) is 0 Å². The fraction of sp³-hybridized carbons (Fsp3) is 0.304. The quantitative estimate of drug-likeness (QED) is 0.395. The van der Waals surface area contributed by atoms with E-state index in [1.54, 1.807) is 24.3 Å². The van der Waals surface area contributed by atoms with E-state index in [1.807, 2.05) is 13.8 Å². The van der Waals surface area contributed by atoms with Crippen LogP contribution in [0.25, 0.3) is 10.9 Å². The molecule has 0 saturated heterocycles. The number of carbonyl (C=O) groups excluding carboxylic acids is 2. The number of benzene rings is 2. The molecular weight excluding hydrogens is 469 g/mol. The largest absolute Gasteiger partial charge is 0.418 e. The van der Waals surface area contributed by atoms with Crippen LogP contribution in [-0.4, -0.2) is 45.6 Å². The van der Waals surface area contributed by atoms with Crippen molar-refractivity contribution in [3.8, 4) is 0 Å². The lowest BCUT2D eigenvalue weighted by molar-refractivity contribution is -0.137. The molecule has 0 bridgehead atoms. The number of aromatic nitrogens is 2. The van der Waals surface area contributed by atoms with Crippen LogP contribution in [0.3, 0.4) is 0 Å². The van der Waals surface area contributed by atoms with Crippen LogP contribution >= 0.6 is 11.8 Å². The van der Waals surface area contributed by atoms with Crippen molar-refractivity contribution in [2.75, 3.05) is 24.7 Å². The van der Waals surface area contributed by atoms with Crippen molar-refractivity contribution in [1.82, 2.24) is 14.5 Å². The van der Waals surface area contributed by atoms with Gasteiger partial charge in [-0.2, -0.15) is 13.2 Å². The van der Waals surface area contributed by atoms with Gasteiger partial charge >= 0.3 is 6.18 Å². The maximum atomic E-state index is 13.1. The van der Waals surface area contributed by atoms with Crippen molar-refractivity contribution < 1.29 is 22.8 Å². The van der Waals surface area contributed by atoms with Gasteiger partial charge in [-0.3, -0.25) is 19.0 Å². The SMILES string of the molecule is CC(C)n1c(SCC(=O)N(C)CC(=O)Nc2ccccc2C(F)(F)F)nc2ccccc2c1=O. The number of nitrogens with zero attached hydrogens (tertiary/aromatic N) is 3. The first kappa shape index (κ1) is 25.3. The van der Waals surface area contributed by atoms with Gasteiger partial charge in [0.05, 0.1) is 34.5 Å². The molecule has 0 aliphatic heterocycles. The number of halogens is 3. The number of hydrogen-bond donors (Lipinski definition) is 1. The minimum Gasteiger partial charge on any atom is -0.336 e.